The second kappa shape index (κ2) is 5.75. The molecule has 1 N–H and O–H groups in total. The summed E-state index contributed by atoms with van der Waals surface area (Å²) in [4.78, 5) is 12.7. The van der Waals surface area contributed by atoms with E-state index < -0.39 is 0 Å². The van der Waals surface area contributed by atoms with Crippen LogP contribution in [-0.2, 0) is 13.6 Å². The van der Waals surface area contributed by atoms with E-state index in [0.717, 1.165) is 30.6 Å². The van der Waals surface area contributed by atoms with Gasteiger partial charge in [0.2, 0.25) is 0 Å². The first-order valence-electron chi connectivity index (χ1n) is 6.80. The Morgan fingerprint density at radius 3 is 2.65 bits per heavy atom. The quantitative estimate of drug-likeness (QED) is 0.882. The maximum absolute atomic E-state index is 12.7. The summed E-state index contributed by atoms with van der Waals surface area (Å²) in [6, 6.07) is 2.03. The summed E-state index contributed by atoms with van der Waals surface area (Å²) in [7, 11) is 1.82. The maximum Gasteiger partial charge on any atom is 0.262 e. The Morgan fingerprint density at radius 1 is 1.40 bits per heavy atom. The van der Waals surface area contributed by atoms with Gasteiger partial charge in [-0.15, -0.1) is 0 Å². The molecule has 0 amide bonds. The van der Waals surface area contributed by atoms with Crippen LogP contribution in [0, 0.1) is 18.6 Å². The zero-order valence-electron chi connectivity index (χ0n) is 12.4. The Hall–Kier alpha value is -1.69. The van der Waals surface area contributed by atoms with E-state index in [1.807, 2.05) is 31.5 Å². The number of pyridine rings is 1. The van der Waals surface area contributed by atoms with E-state index in [0.29, 0.717) is 16.2 Å². The lowest BCUT2D eigenvalue weighted by molar-refractivity contribution is 0.598. The van der Waals surface area contributed by atoms with E-state index >= 15 is 0 Å². The molecule has 6 heteroatoms. The molecule has 2 aromatic rings. The van der Waals surface area contributed by atoms with Gasteiger partial charge in [0.05, 0.1) is 5.56 Å². The van der Waals surface area contributed by atoms with Crippen molar-refractivity contribution in [1.29, 1.82) is 0 Å². The highest BCUT2D eigenvalue weighted by Gasteiger charge is 2.16. The van der Waals surface area contributed by atoms with E-state index in [-0.39, 0.29) is 5.56 Å². The third-order valence-electron chi connectivity index (χ3n) is 3.54. The van der Waals surface area contributed by atoms with E-state index in [2.05, 4.69) is 17.1 Å². The number of aromatic nitrogens is 4. The van der Waals surface area contributed by atoms with Crippen molar-refractivity contribution >= 4 is 12.2 Å². The predicted molar refractivity (Wildman–Crippen MR) is 82.5 cm³/mol. The van der Waals surface area contributed by atoms with Gasteiger partial charge in [-0.2, -0.15) is 5.10 Å². The Bertz CT molecular complexity index is 739. The van der Waals surface area contributed by atoms with Crippen LogP contribution in [0.2, 0.25) is 0 Å². The summed E-state index contributed by atoms with van der Waals surface area (Å²) in [6.07, 6.45) is 2.05. The molecular formula is C14H20N4OS. The first kappa shape index (κ1) is 14.7. The maximum atomic E-state index is 12.7. The van der Waals surface area contributed by atoms with E-state index in [1.54, 1.807) is 4.57 Å². The van der Waals surface area contributed by atoms with Gasteiger partial charge in [0.1, 0.15) is 0 Å². The molecule has 0 aromatic carbocycles. The van der Waals surface area contributed by atoms with Crippen molar-refractivity contribution in [2.24, 2.45) is 7.05 Å². The zero-order valence-corrected chi connectivity index (χ0v) is 13.2. The fraction of sp³-hybridized carbons (Fsp3) is 0.500. The summed E-state index contributed by atoms with van der Waals surface area (Å²) in [6.45, 7) is 6.76. The summed E-state index contributed by atoms with van der Waals surface area (Å²) >= 11 is 5.13. The van der Waals surface area contributed by atoms with Crippen LogP contribution in [0.3, 0.4) is 0 Å². The van der Waals surface area contributed by atoms with Gasteiger partial charge < -0.3 is 9.13 Å². The number of rotatable bonds is 4. The Balaban J connectivity index is 2.68. The van der Waals surface area contributed by atoms with Gasteiger partial charge in [0.25, 0.3) is 5.56 Å². The normalized spacial score (nSPS) is 11.0. The molecule has 0 spiro atoms. The Labute approximate surface area is 123 Å². The van der Waals surface area contributed by atoms with Gasteiger partial charge in [-0.1, -0.05) is 13.3 Å². The summed E-state index contributed by atoms with van der Waals surface area (Å²) in [5.41, 5.74) is 2.55. The molecule has 0 atom stereocenters. The molecule has 0 saturated heterocycles. The van der Waals surface area contributed by atoms with Crippen molar-refractivity contribution in [2.75, 3.05) is 0 Å². The van der Waals surface area contributed by atoms with Crippen LogP contribution < -0.4 is 5.56 Å². The lowest BCUT2D eigenvalue weighted by Gasteiger charge is -2.13. The number of aryl methyl sites for hydroxylation is 2. The highest BCUT2D eigenvalue weighted by Crippen LogP contribution is 2.18. The van der Waals surface area contributed by atoms with Crippen molar-refractivity contribution in [3.63, 3.8) is 0 Å². The number of nitrogens with zero attached hydrogens (tertiary/aromatic N) is 3. The smallest absolute Gasteiger partial charge is 0.262 e. The first-order valence-corrected chi connectivity index (χ1v) is 7.21. The van der Waals surface area contributed by atoms with Crippen molar-refractivity contribution in [3.8, 4) is 11.4 Å². The van der Waals surface area contributed by atoms with Crippen molar-refractivity contribution < 1.29 is 0 Å². The van der Waals surface area contributed by atoms with Gasteiger partial charge in [-0.05, 0) is 44.1 Å². The number of H-pyrrole nitrogens is 1. The average Bonchev–Trinajstić information content (AvgIpc) is 2.70. The van der Waals surface area contributed by atoms with Crippen LogP contribution in [0.15, 0.2) is 10.9 Å². The lowest BCUT2D eigenvalue weighted by atomic mass is 10.1. The topological polar surface area (TPSA) is 55.6 Å². The molecule has 20 heavy (non-hydrogen) atoms. The van der Waals surface area contributed by atoms with Crippen molar-refractivity contribution in [1.82, 2.24) is 19.3 Å². The standard InChI is InChI=1S/C14H20N4OS/c1-5-6-7-18-10(3)8-9(2)11(13(18)19)12-15-16-14(20)17(12)4/h8H,5-7H2,1-4H3,(H,16,20). The fourth-order valence-corrected chi connectivity index (χ4v) is 2.50. The first-order chi connectivity index (χ1) is 9.47. The number of hydrogen-bond acceptors (Lipinski definition) is 3. The molecule has 0 aliphatic carbocycles. The molecule has 0 aliphatic rings. The van der Waals surface area contributed by atoms with Gasteiger partial charge in [-0.3, -0.25) is 9.89 Å². The molecule has 5 nitrogen and oxygen atoms in total. The summed E-state index contributed by atoms with van der Waals surface area (Å²) < 4.78 is 4.07. The number of aromatic amines is 1. The molecule has 108 valence electrons. The third-order valence-corrected chi connectivity index (χ3v) is 3.91. The van der Waals surface area contributed by atoms with E-state index in [9.17, 15) is 4.79 Å². The predicted octanol–water partition coefficient (Wildman–Crippen LogP) is 2.72. The monoisotopic (exact) mass is 292 g/mol. The molecule has 0 radical (unpaired) electrons. The molecule has 2 heterocycles. The number of hydrogen-bond donors (Lipinski definition) is 1. The molecule has 0 saturated carbocycles. The van der Waals surface area contributed by atoms with Crippen molar-refractivity contribution in [3.05, 3.63) is 32.4 Å². The van der Waals surface area contributed by atoms with E-state index in [1.165, 1.54) is 0 Å². The molecule has 2 rings (SSSR count). The van der Waals surface area contributed by atoms with Crippen LogP contribution in [-0.4, -0.2) is 19.3 Å². The second-order valence-electron chi connectivity index (χ2n) is 5.07. The highest BCUT2D eigenvalue weighted by molar-refractivity contribution is 7.71. The minimum Gasteiger partial charge on any atom is -0.312 e. The van der Waals surface area contributed by atoms with Crippen LogP contribution in [0.25, 0.3) is 11.4 Å². The van der Waals surface area contributed by atoms with E-state index in [4.69, 9.17) is 12.2 Å². The van der Waals surface area contributed by atoms with Gasteiger partial charge in [0, 0.05) is 19.3 Å². The average molecular weight is 292 g/mol. The Morgan fingerprint density at radius 2 is 2.10 bits per heavy atom. The Kier molecular flexibility index (Phi) is 4.23. The van der Waals surface area contributed by atoms with Crippen LogP contribution in [0.5, 0.6) is 0 Å². The highest BCUT2D eigenvalue weighted by atomic mass is 32.1. The number of unbranched alkanes of at least 4 members (excludes halogenated alkanes) is 1. The minimum absolute atomic E-state index is 0.00745. The molecule has 0 fully saturated rings. The molecule has 2 aromatic heterocycles. The van der Waals surface area contributed by atoms with Gasteiger partial charge >= 0.3 is 0 Å². The van der Waals surface area contributed by atoms with Gasteiger partial charge in [-0.25, -0.2) is 0 Å². The SMILES string of the molecule is CCCCn1c(C)cc(C)c(-c2n[nH]c(=S)n2C)c1=O. The van der Waals surface area contributed by atoms with Gasteiger partial charge in [0.15, 0.2) is 10.6 Å². The van der Waals surface area contributed by atoms with Crippen LogP contribution in [0.1, 0.15) is 31.0 Å². The summed E-state index contributed by atoms with van der Waals surface area (Å²) in [5, 5.41) is 6.93. The molecule has 0 bridgehead atoms. The zero-order chi connectivity index (χ0) is 14.9. The molecular weight excluding hydrogens is 272 g/mol. The molecule has 0 aliphatic heterocycles. The minimum atomic E-state index is 0.00745. The van der Waals surface area contributed by atoms with Crippen LogP contribution in [0.4, 0.5) is 0 Å². The second-order valence-corrected chi connectivity index (χ2v) is 5.45. The van der Waals surface area contributed by atoms with Crippen molar-refractivity contribution in [2.45, 2.75) is 40.2 Å². The van der Waals surface area contributed by atoms with Crippen LogP contribution >= 0.6 is 12.2 Å². The largest absolute Gasteiger partial charge is 0.312 e. The third kappa shape index (κ3) is 2.47. The lowest BCUT2D eigenvalue weighted by Crippen LogP contribution is -2.25. The molecule has 0 unspecified atom stereocenters. The fourth-order valence-electron chi connectivity index (χ4n) is 2.36. The summed E-state index contributed by atoms with van der Waals surface area (Å²) in [5.74, 6) is 0.600. The number of nitrogens with one attached hydrogen (secondary N) is 1.